The van der Waals surface area contributed by atoms with Crippen LogP contribution in [0, 0.1) is 0 Å². The summed E-state index contributed by atoms with van der Waals surface area (Å²) in [5.74, 6) is 2.07. The molecule has 0 aromatic heterocycles. The van der Waals surface area contributed by atoms with Gasteiger partial charge >= 0.3 is 0 Å². The number of thioether (sulfide) groups is 1. The number of methoxy groups -OCH3 is 1. The molecule has 1 aliphatic heterocycles. The van der Waals surface area contributed by atoms with Gasteiger partial charge in [-0.1, -0.05) is 0 Å². The molecule has 1 saturated heterocycles. The maximum atomic E-state index is 5.98. The number of nitrogens with one attached hydrogen (secondary N) is 1. The first-order valence-electron chi connectivity index (χ1n) is 5.94. The van der Waals surface area contributed by atoms with E-state index in [-0.39, 0.29) is 0 Å². The molecule has 1 heterocycles. The van der Waals surface area contributed by atoms with Gasteiger partial charge in [0.25, 0.3) is 0 Å². The maximum absolute atomic E-state index is 5.98. The fraction of sp³-hybridized carbons (Fsp3) is 0.538. The topological polar surface area (TPSA) is 47.3 Å². The van der Waals surface area contributed by atoms with Gasteiger partial charge in [-0.15, -0.1) is 0 Å². The third-order valence-corrected chi connectivity index (χ3v) is 4.75. The van der Waals surface area contributed by atoms with Crippen LogP contribution in [0.25, 0.3) is 0 Å². The van der Waals surface area contributed by atoms with Gasteiger partial charge in [0.2, 0.25) is 0 Å². The molecule has 17 heavy (non-hydrogen) atoms. The van der Waals surface area contributed by atoms with Crippen molar-refractivity contribution in [3.63, 3.8) is 0 Å². The summed E-state index contributed by atoms with van der Waals surface area (Å²) in [6.07, 6.45) is 2.60. The molecule has 0 bridgehead atoms. The Morgan fingerprint density at radius 3 is 2.94 bits per heavy atom. The molecule has 94 valence electrons. The lowest BCUT2D eigenvalue weighted by atomic mass is 10.1. The van der Waals surface area contributed by atoms with Gasteiger partial charge in [-0.2, -0.15) is 11.8 Å². The summed E-state index contributed by atoms with van der Waals surface area (Å²) in [5, 5.41) is 3.45. The SMILES string of the molecule is COc1ccc(NCC2(C)CCCS2)c(N)c1. The molecule has 0 radical (unpaired) electrons. The van der Waals surface area contributed by atoms with Gasteiger partial charge < -0.3 is 15.8 Å². The van der Waals surface area contributed by atoms with Gasteiger partial charge in [-0.25, -0.2) is 0 Å². The van der Waals surface area contributed by atoms with Crippen molar-refractivity contribution in [2.75, 3.05) is 30.5 Å². The molecular formula is C13H20N2OS. The van der Waals surface area contributed by atoms with Gasteiger partial charge in [0.05, 0.1) is 18.5 Å². The van der Waals surface area contributed by atoms with Crippen molar-refractivity contribution in [3.8, 4) is 5.75 Å². The molecule has 3 nitrogen and oxygen atoms in total. The fourth-order valence-electron chi connectivity index (χ4n) is 2.09. The van der Waals surface area contributed by atoms with Crippen LogP contribution in [-0.4, -0.2) is 24.2 Å². The van der Waals surface area contributed by atoms with Gasteiger partial charge in [-0.3, -0.25) is 0 Å². The molecule has 1 aromatic rings. The van der Waals surface area contributed by atoms with Crippen molar-refractivity contribution in [2.45, 2.75) is 24.5 Å². The Morgan fingerprint density at radius 2 is 2.35 bits per heavy atom. The first-order chi connectivity index (χ1) is 8.13. The summed E-state index contributed by atoms with van der Waals surface area (Å²) in [5.41, 5.74) is 7.72. The zero-order chi connectivity index (χ0) is 12.3. The highest BCUT2D eigenvalue weighted by atomic mass is 32.2. The summed E-state index contributed by atoms with van der Waals surface area (Å²) < 4.78 is 5.49. The Balaban J connectivity index is 1.99. The standard InChI is InChI=1S/C13H20N2OS/c1-13(6-3-7-17-13)9-15-12-5-4-10(16-2)8-11(12)14/h4-5,8,15H,3,6-7,9,14H2,1-2H3. The average Bonchev–Trinajstić information content (AvgIpc) is 2.75. The third kappa shape index (κ3) is 3.00. The molecule has 2 rings (SSSR count). The predicted molar refractivity (Wildman–Crippen MR) is 76.0 cm³/mol. The van der Waals surface area contributed by atoms with Crippen LogP contribution in [0.3, 0.4) is 0 Å². The Morgan fingerprint density at radius 1 is 1.53 bits per heavy atom. The summed E-state index contributed by atoms with van der Waals surface area (Å²) in [6, 6.07) is 5.77. The second-order valence-corrected chi connectivity index (χ2v) is 6.39. The van der Waals surface area contributed by atoms with Gasteiger partial charge in [0, 0.05) is 17.4 Å². The van der Waals surface area contributed by atoms with E-state index < -0.39 is 0 Å². The minimum atomic E-state index is 0.354. The minimum absolute atomic E-state index is 0.354. The zero-order valence-electron chi connectivity index (χ0n) is 10.5. The quantitative estimate of drug-likeness (QED) is 0.809. The maximum Gasteiger partial charge on any atom is 0.121 e. The Bertz CT molecular complexity index is 389. The summed E-state index contributed by atoms with van der Waals surface area (Å²) in [4.78, 5) is 0. The molecule has 4 heteroatoms. The molecule has 0 saturated carbocycles. The molecule has 3 N–H and O–H groups in total. The van der Waals surface area contributed by atoms with E-state index in [0.717, 1.165) is 23.7 Å². The lowest BCUT2D eigenvalue weighted by Gasteiger charge is -2.24. The molecule has 0 amide bonds. The summed E-state index contributed by atoms with van der Waals surface area (Å²) in [6.45, 7) is 3.28. The molecular weight excluding hydrogens is 232 g/mol. The molecule has 0 aliphatic carbocycles. The van der Waals surface area contributed by atoms with E-state index in [1.54, 1.807) is 7.11 Å². The number of nitrogens with two attached hydrogens (primary N) is 1. The lowest BCUT2D eigenvalue weighted by molar-refractivity contribution is 0.415. The van der Waals surface area contributed by atoms with E-state index in [1.165, 1.54) is 18.6 Å². The monoisotopic (exact) mass is 252 g/mol. The van der Waals surface area contributed by atoms with E-state index in [2.05, 4.69) is 12.2 Å². The average molecular weight is 252 g/mol. The number of hydrogen-bond donors (Lipinski definition) is 2. The van der Waals surface area contributed by atoms with Gasteiger partial charge in [0.15, 0.2) is 0 Å². The van der Waals surface area contributed by atoms with Crippen LogP contribution in [0.15, 0.2) is 18.2 Å². The second-order valence-electron chi connectivity index (χ2n) is 4.71. The van der Waals surface area contributed by atoms with Crippen molar-refractivity contribution in [1.29, 1.82) is 0 Å². The second kappa shape index (κ2) is 5.08. The number of rotatable bonds is 4. The van der Waals surface area contributed by atoms with E-state index in [1.807, 2.05) is 30.0 Å². The number of ether oxygens (including phenoxy) is 1. The van der Waals surface area contributed by atoms with Crippen LogP contribution in [0.2, 0.25) is 0 Å². The number of benzene rings is 1. The van der Waals surface area contributed by atoms with Crippen molar-refractivity contribution < 1.29 is 4.74 Å². The number of anilines is 2. The third-order valence-electron chi connectivity index (χ3n) is 3.21. The van der Waals surface area contributed by atoms with Crippen molar-refractivity contribution in [2.24, 2.45) is 0 Å². The highest BCUT2D eigenvalue weighted by Gasteiger charge is 2.29. The summed E-state index contributed by atoms with van der Waals surface area (Å²) >= 11 is 2.05. The molecule has 1 fully saturated rings. The normalized spacial score (nSPS) is 23.6. The van der Waals surface area contributed by atoms with Gasteiger partial charge in [0.1, 0.15) is 5.75 Å². The van der Waals surface area contributed by atoms with Crippen molar-refractivity contribution in [3.05, 3.63) is 18.2 Å². The Hall–Kier alpha value is -1.03. The van der Waals surface area contributed by atoms with Crippen LogP contribution < -0.4 is 15.8 Å². The highest BCUT2D eigenvalue weighted by molar-refractivity contribution is 8.00. The Kier molecular flexibility index (Phi) is 3.72. The summed E-state index contributed by atoms with van der Waals surface area (Å²) in [7, 11) is 1.65. The predicted octanol–water partition coefficient (Wildman–Crippen LogP) is 2.98. The number of nitrogen functional groups attached to an aromatic ring is 1. The van der Waals surface area contributed by atoms with E-state index in [0.29, 0.717) is 4.75 Å². The first kappa shape index (κ1) is 12.4. The van der Waals surface area contributed by atoms with Crippen LogP contribution in [0.4, 0.5) is 11.4 Å². The first-order valence-corrected chi connectivity index (χ1v) is 6.93. The zero-order valence-corrected chi connectivity index (χ0v) is 11.3. The molecule has 1 atom stereocenters. The van der Waals surface area contributed by atoms with E-state index in [4.69, 9.17) is 10.5 Å². The fourth-order valence-corrected chi connectivity index (χ4v) is 3.33. The molecule has 0 spiro atoms. The van der Waals surface area contributed by atoms with Gasteiger partial charge in [-0.05, 0) is 37.7 Å². The van der Waals surface area contributed by atoms with E-state index >= 15 is 0 Å². The van der Waals surface area contributed by atoms with E-state index in [9.17, 15) is 0 Å². The van der Waals surface area contributed by atoms with Crippen LogP contribution in [0.1, 0.15) is 19.8 Å². The Labute approximate surface area is 107 Å². The van der Waals surface area contributed by atoms with Crippen molar-refractivity contribution >= 4 is 23.1 Å². The smallest absolute Gasteiger partial charge is 0.121 e. The largest absolute Gasteiger partial charge is 0.497 e. The molecule has 1 aromatic carbocycles. The number of hydrogen-bond acceptors (Lipinski definition) is 4. The van der Waals surface area contributed by atoms with Crippen LogP contribution in [-0.2, 0) is 0 Å². The van der Waals surface area contributed by atoms with Crippen LogP contribution >= 0.6 is 11.8 Å². The molecule has 1 aliphatic rings. The minimum Gasteiger partial charge on any atom is -0.497 e. The lowest BCUT2D eigenvalue weighted by Crippen LogP contribution is -2.27. The highest BCUT2D eigenvalue weighted by Crippen LogP contribution is 2.38. The van der Waals surface area contributed by atoms with Crippen LogP contribution in [0.5, 0.6) is 5.75 Å². The molecule has 1 unspecified atom stereocenters. The van der Waals surface area contributed by atoms with Crippen molar-refractivity contribution in [1.82, 2.24) is 0 Å².